The van der Waals surface area contributed by atoms with Gasteiger partial charge in [0.15, 0.2) is 5.82 Å². The summed E-state index contributed by atoms with van der Waals surface area (Å²) < 4.78 is 0. The van der Waals surface area contributed by atoms with Crippen molar-refractivity contribution >= 4 is 11.8 Å². The molecule has 2 heterocycles. The average Bonchev–Trinajstić information content (AvgIpc) is 2.49. The van der Waals surface area contributed by atoms with Crippen molar-refractivity contribution in [1.82, 2.24) is 10.2 Å². The van der Waals surface area contributed by atoms with E-state index in [1.54, 1.807) is 0 Å². The molecule has 1 aromatic rings. The lowest BCUT2D eigenvalue weighted by Crippen LogP contribution is -2.48. The van der Waals surface area contributed by atoms with Crippen LogP contribution in [-0.2, 0) is 4.79 Å². The number of hydrogen-bond donors (Lipinski definition) is 1. The van der Waals surface area contributed by atoms with E-state index in [0.717, 1.165) is 17.7 Å². The molecule has 1 aromatic heterocycles. The molecule has 6 nitrogen and oxygen atoms in total. The fourth-order valence-corrected chi connectivity index (χ4v) is 2.88. The first kappa shape index (κ1) is 15.2. The van der Waals surface area contributed by atoms with Crippen LogP contribution in [0.2, 0.25) is 0 Å². The molecule has 1 saturated heterocycles. The summed E-state index contributed by atoms with van der Waals surface area (Å²) in [5.74, 6) is -0.260. The number of hydrogen-bond acceptors (Lipinski definition) is 5. The van der Waals surface area contributed by atoms with E-state index in [4.69, 9.17) is 0 Å². The standard InChI is InChI=1S/C15H20N4O2/c1-4-15(14(20)21)6-5-7-19(9-15)13-12(8-16)10(2)11(3)17-18-13/h4-7,9H2,1-3H3,(H,20,21). The minimum atomic E-state index is -0.773. The Labute approximate surface area is 124 Å². The number of rotatable bonds is 3. The highest BCUT2D eigenvalue weighted by Gasteiger charge is 2.41. The lowest BCUT2D eigenvalue weighted by molar-refractivity contribution is -0.149. The lowest BCUT2D eigenvalue weighted by atomic mass is 9.77. The number of anilines is 1. The molecule has 0 radical (unpaired) electrons. The molecule has 2 rings (SSSR count). The number of nitrogens with zero attached hydrogens (tertiary/aromatic N) is 4. The summed E-state index contributed by atoms with van der Waals surface area (Å²) in [6, 6.07) is 2.18. The zero-order valence-corrected chi connectivity index (χ0v) is 12.7. The van der Waals surface area contributed by atoms with Crippen molar-refractivity contribution in [1.29, 1.82) is 5.26 Å². The largest absolute Gasteiger partial charge is 0.481 e. The maximum Gasteiger partial charge on any atom is 0.311 e. The second kappa shape index (κ2) is 5.68. The van der Waals surface area contributed by atoms with Crippen molar-refractivity contribution in [3.05, 3.63) is 16.8 Å². The van der Waals surface area contributed by atoms with Gasteiger partial charge in [-0.3, -0.25) is 4.79 Å². The summed E-state index contributed by atoms with van der Waals surface area (Å²) in [5.41, 5.74) is 1.28. The third-order valence-corrected chi connectivity index (χ3v) is 4.55. The number of carbonyl (C=O) groups is 1. The maximum atomic E-state index is 11.6. The minimum Gasteiger partial charge on any atom is -0.481 e. The van der Waals surface area contributed by atoms with E-state index in [-0.39, 0.29) is 0 Å². The van der Waals surface area contributed by atoms with E-state index in [2.05, 4.69) is 16.3 Å². The second-order valence-corrected chi connectivity index (χ2v) is 5.68. The molecule has 1 unspecified atom stereocenters. The summed E-state index contributed by atoms with van der Waals surface area (Å²) in [6.07, 6.45) is 2.01. The Morgan fingerprint density at radius 2 is 2.19 bits per heavy atom. The number of carboxylic acids is 1. The molecule has 1 atom stereocenters. The van der Waals surface area contributed by atoms with Gasteiger partial charge in [0.05, 0.1) is 11.1 Å². The van der Waals surface area contributed by atoms with Gasteiger partial charge in [-0.15, -0.1) is 5.10 Å². The summed E-state index contributed by atoms with van der Waals surface area (Å²) in [7, 11) is 0. The van der Waals surface area contributed by atoms with Gasteiger partial charge >= 0.3 is 5.97 Å². The van der Waals surface area contributed by atoms with Crippen LogP contribution < -0.4 is 4.90 Å². The number of piperidine rings is 1. The van der Waals surface area contributed by atoms with E-state index in [9.17, 15) is 15.2 Å². The number of aromatic nitrogens is 2. The molecule has 0 aliphatic carbocycles. The third-order valence-electron chi connectivity index (χ3n) is 4.55. The van der Waals surface area contributed by atoms with Crippen molar-refractivity contribution in [2.24, 2.45) is 5.41 Å². The molecule has 1 fully saturated rings. The zero-order chi connectivity index (χ0) is 15.6. The van der Waals surface area contributed by atoms with Crippen LogP contribution >= 0.6 is 0 Å². The van der Waals surface area contributed by atoms with Crippen molar-refractivity contribution in [3.8, 4) is 6.07 Å². The van der Waals surface area contributed by atoms with E-state index in [1.807, 2.05) is 25.7 Å². The molecule has 0 saturated carbocycles. The summed E-state index contributed by atoms with van der Waals surface area (Å²) in [4.78, 5) is 13.5. The number of aliphatic carboxylic acids is 1. The Hall–Kier alpha value is -2.16. The zero-order valence-electron chi connectivity index (χ0n) is 12.7. The summed E-state index contributed by atoms with van der Waals surface area (Å²) >= 11 is 0. The Bertz CT molecular complexity index is 608. The van der Waals surface area contributed by atoms with Crippen LogP contribution in [0.15, 0.2) is 0 Å². The Morgan fingerprint density at radius 1 is 1.48 bits per heavy atom. The molecule has 0 spiro atoms. The van der Waals surface area contributed by atoms with Crippen molar-refractivity contribution in [2.75, 3.05) is 18.0 Å². The Kier molecular flexibility index (Phi) is 4.12. The molecule has 6 heteroatoms. The molecule has 1 aliphatic heterocycles. The van der Waals surface area contributed by atoms with Gasteiger partial charge in [-0.1, -0.05) is 6.92 Å². The molecule has 0 aromatic carbocycles. The van der Waals surface area contributed by atoms with Crippen LogP contribution in [0.5, 0.6) is 0 Å². The molecular formula is C15H20N4O2. The van der Waals surface area contributed by atoms with Gasteiger partial charge in [-0.05, 0) is 38.7 Å². The third kappa shape index (κ3) is 2.56. The molecule has 1 aliphatic rings. The van der Waals surface area contributed by atoms with Crippen LogP contribution in [0.25, 0.3) is 0 Å². The van der Waals surface area contributed by atoms with E-state index < -0.39 is 11.4 Å². The number of aryl methyl sites for hydroxylation is 1. The van der Waals surface area contributed by atoms with Crippen LogP contribution in [0, 0.1) is 30.6 Å². The van der Waals surface area contributed by atoms with Gasteiger partial charge in [0.1, 0.15) is 11.6 Å². The number of nitriles is 1. The fourth-order valence-electron chi connectivity index (χ4n) is 2.88. The summed E-state index contributed by atoms with van der Waals surface area (Å²) in [5, 5.41) is 27.2. The van der Waals surface area contributed by atoms with Crippen molar-refractivity contribution in [3.63, 3.8) is 0 Å². The predicted molar refractivity (Wildman–Crippen MR) is 78.0 cm³/mol. The Morgan fingerprint density at radius 3 is 2.76 bits per heavy atom. The Balaban J connectivity index is 2.42. The van der Waals surface area contributed by atoms with E-state index >= 15 is 0 Å². The van der Waals surface area contributed by atoms with Gasteiger partial charge in [0.25, 0.3) is 0 Å². The lowest BCUT2D eigenvalue weighted by Gasteiger charge is -2.40. The first-order valence-corrected chi connectivity index (χ1v) is 7.17. The quantitative estimate of drug-likeness (QED) is 0.915. The van der Waals surface area contributed by atoms with Crippen LogP contribution in [0.4, 0.5) is 5.82 Å². The molecule has 1 N–H and O–H groups in total. The topological polar surface area (TPSA) is 90.1 Å². The highest BCUT2D eigenvalue weighted by Crippen LogP contribution is 2.36. The van der Waals surface area contributed by atoms with Gasteiger partial charge in [0.2, 0.25) is 0 Å². The highest BCUT2D eigenvalue weighted by molar-refractivity contribution is 5.76. The maximum absolute atomic E-state index is 11.6. The van der Waals surface area contributed by atoms with E-state index in [0.29, 0.717) is 37.3 Å². The first-order valence-electron chi connectivity index (χ1n) is 7.17. The van der Waals surface area contributed by atoms with Gasteiger partial charge in [-0.2, -0.15) is 10.4 Å². The van der Waals surface area contributed by atoms with Gasteiger partial charge in [-0.25, -0.2) is 0 Å². The average molecular weight is 288 g/mol. The van der Waals surface area contributed by atoms with E-state index in [1.165, 1.54) is 0 Å². The smallest absolute Gasteiger partial charge is 0.311 e. The predicted octanol–water partition coefficient (Wildman–Crippen LogP) is 2.05. The molecular weight excluding hydrogens is 268 g/mol. The monoisotopic (exact) mass is 288 g/mol. The first-order chi connectivity index (χ1) is 9.95. The van der Waals surface area contributed by atoms with Crippen molar-refractivity contribution in [2.45, 2.75) is 40.0 Å². The normalized spacial score (nSPS) is 21.9. The SMILES string of the molecule is CCC1(C(=O)O)CCCN(c2nnc(C)c(C)c2C#N)C1. The second-order valence-electron chi connectivity index (χ2n) is 5.68. The molecule has 112 valence electrons. The van der Waals surface area contributed by atoms with Crippen LogP contribution in [-0.4, -0.2) is 34.4 Å². The molecule has 0 amide bonds. The molecule has 0 bridgehead atoms. The van der Waals surface area contributed by atoms with Gasteiger partial charge < -0.3 is 10.0 Å². The fraction of sp³-hybridized carbons (Fsp3) is 0.600. The van der Waals surface area contributed by atoms with Crippen LogP contribution in [0.1, 0.15) is 43.0 Å². The summed E-state index contributed by atoms with van der Waals surface area (Å²) in [6.45, 7) is 6.65. The highest BCUT2D eigenvalue weighted by atomic mass is 16.4. The minimum absolute atomic E-state index is 0.380. The number of carboxylic acid groups (broad SMARTS) is 1. The molecule has 21 heavy (non-hydrogen) atoms. The van der Waals surface area contributed by atoms with Crippen molar-refractivity contribution < 1.29 is 9.90 Å². The van der Waals surface area contributed by atoms with Crippen LogP contribution in [0.3, 0.4) is 0 Å². The van der Waals surface area contributed by atoms with Gasteiger partial charge in [0, 0.05) is 13.1 Å².